The van der Waals surface area contributed by atoms with Gasteiger partial charge in [-0.3, -0.25) is 0 Å². The van der Waals surface area contributed by atoms with Crippen LogP contribution in [0.15, 0.2) is 12.7 Å². The summed E-state index contributed by atoms with van der Waals surface area (Å²) >= 11 is 0. The summed E-state index contributed by atoms with van der Waals surface area (Å²) in [6.45, 7) is 7.42. The van der Waals surface area contributed by atoms with E-state index in [1.165, 1.54) is 0 Å². The largest absolute Gasteiger partial charge is 0.394 e. The molecule has 2 aliphatic rings. The van der Waals surface area contributed by atoms with Crippen molar-refractivity contribution in [3.63, 3.8) is 0 Å². The van der Waals surface area contributed by atoms with E-state index in [-0.39, 0.29) is 6.61 Å². The molecule has 0 bridgehead atoms. The summed E-state index contributed by atoms with van der Waals surface area (Å²) in [6, 6.07) is 0. The number of hydrogen-bond acceptors (Lipinski definition) is 6. The maximum Gasteiger partial charge on any atom is 0.187 e. The van der Waals surface area contributed by atoms with Gasteiger partial charge in [0.25, 0.3) is 0 Å². The molecule has 20 heavy (non-hydrogen) atoms. The molecule has 2 N–H and O–H groups in total. The van der Waals surface area contributed by atoms with Crippen molar-refractivity contribution in [2.75, 3.05) is 13.2 Å². The third-order valence-corrected chi connectivity index (χ3v) is 3.47. The second kappa shape index (κ2) is 6.51. The van der Waals surface area contributed by atoms with Crippen LogP contribution in [0.5, 0.6) is 0 Å². The van der Waals surface area contributed by atoms with Crippen LogP contribution in [0.3, 0.4) is 0 Å². The van der Waals surface area contributed by atoms with Crippen LogP contribution in [0.4, 0.5) is 0 Å². The molecular formula is C14H24O6. The average Bonchev–Trinajstić information content (AvgIpc) is 2.73. The van der Waals surface area contributed by atoms with Gasteiger partial charge in [-0.1, -0.05) is 6.08 Å². The number of hydrogen-bond donors (Lipinski definition) is 2. The highest BCUT2D eigenvalue weighted by molar-refractivity contribution is 4.96. The van der Waals surface area contributed by atoms with Crippen molar-refractivity contribution in [2.45, 2.75) is 63.2 Å². The SMILES string of the molecule is C=CCCCO[C@H]1O[C@H](CO)[C@H](O)[C@H]2OC(C)(C)O[C@H]12. The Bertz CT molecular complexity index is 332. The van der Waals surface area contributed by atoms with Gasteiger partial charge >= 0.3 is 0 Å². The molecule has 2 fully saturated rings. The fourth-order valence-corrected chi connectivity index (χ4v) is 2.55. The molecule has 2 rings (SSSR count). The Morgan fingerprint density at radius 2 is 2.00 bits per heavy atom. The van der Waals surface area contributed by atoms with E-state index in [1.807, 2.05) is 6.08 Å². The normalized spacial score (nSPS) is 39.5. The molecule has 0 radical (unpaired) electrons. The molecule has 0 aromatic carbocycles. The van der Waals surface area contributed by atoms with Crippen LogP contribution < -0.4 is 0 Å². The van der Waals surface area contributed by atoms with E-state index in [9.17, 15) is 10.2 Å². The fraction of sp³-hybridized carbons (Fsp3) is 0.857. The second-order valence-electron chi connectivity index (χ2n) is 5.58. The minimum absolute atomic E-state index is 0.291. The molecule has 0 aliphatic carbocycles. The Morgan fingerprint density at radius 3 is 2.65 bits per heavy atom. The molecule has 6 nitrogen and oxygen atoms in total. The maximum atomic E-state index is 10.1. The minimum Gasteiger partial charge on any atom is -0.394 e. The number of unbranched alkanes of at least 4 members (excludes halogenated alkanes) is 1. The van der Waals surface area contributed by atoms with Gasteiger partial charge in [-0.25, -0.2) is 0 Å². The Balaban J connectivity index is 2.00. The van der Waals surface area contributed by atoms with E-state index in [1.54, 1.807) is 13.8 Å². The summed E-state index contributed by atoms with van der Waals surface area (Å²) in [6.07, 6.45) is 0.163. The highest BCUT2D eigenvalue weighted by atomic mass is 16.8. The minimum atomic E-state index is -0.931. The number of ether oxygens (including phenoxy) is 4. The van der Waals surface area contributed by atoms with Crippen molar-refractivity contribution in [1.29, 1.82) is 0 Å². The lowest BCUT2D eigenvalue weighted by atomic mass is 9.99. The molecular weight excluding hydrogens is 264 g/mol. The van der Waals surface area contributed by atoms with Crippen molar-refractivity contribution in [3.8, 4) is 0 Å². The van der Waals surface area contributed by atoms with Crippen molar-refractivity contribution >= 4 is 0 Å². The average molecular weight is 288 g/mol. The van der Waals surface area contributed by atoms with Crippen LogP contribution in [0, 0.1) is 0 Å². The zero-order valence-electron chi connectivity index (χ0n) is 12.0. The van der Waals surface area contributed by atoms with Gasteiger partial charge in [-0.2, -0.15) is 0 Å². The maximum absolute atomic E-state index is 10.1. The molecule has 6 heteroatoms. The van der Waals surface area contributed by atoms with Crippen LogP contribution in [0.25, 0.3) is 0 Å². The molecule has 2 aliphatic heterocycles. The number of fused-ring (bicyclic) bond motifs is 1. The molecule has 0 aromatic heterocycles. The molecule has 0 amide bonds. The van der Waals surface area contributed by atoms with Gasteiger partial charge in [0.05, 0.1) is 13.2 Å². The summed E-state index contributed by atoms with van der Waals surface area (Å²) < 4.78 is 22.7. The summed E-state index contributed by atoms with van der Waals surface area (Å²) in [5.41, 5.74) is 0. The number of allylic oxidation sites excluding steroid dienone is 1. The summed E-state index contributed by atoms with van der Waals surface area (Å²) in [5.74, 6) is -0.799. The van der Waals surface area contributed by atoms with E-state index >= 15 is 0 Å². The Morgan fingerprint density at radius 1 is 1.30 bits per heavy atom. The van der Waals surface area contributed by atoms with E-state index < -0.39 is 36.5 Å². The van der Waals surface area contributed by atoms with Gasteiger partial charge in [0.15, 0.2) is 12.1 Å². The third-order valence-electron chi connectivity index (χ3n) is 3.47. The van der Waals surface area contributed by atoms with Crippen LogP contribution in [0.1, 0.15) is 26.7 Å². The van der Waals surface area contributed by atoms with Crippen molar-refractivity contribution in [1.82, 2.24) is 0 Å². The molecule has 2 heterocycles. The predicted molar refractivity (Wildman–Crippen MR) is 71.0 cm³/mol. The molecule has 0 spiro atoms. The zero-order valence-corrected chi connectivity index (χ0v) is 12.0. The van der Waals surface area contributed by atoms with E-state index in [0.29, 0.717) is 6.61 Å². The lowest BCUT2D eigenvalue weighted by Crippen LogP contribution is -2.58. The van der Waals surface area contributed by atoms with Crippen LogP contribution in [0.2, 0.25) is 0 Å². The molecule has 5 atom stereocenters. The van der Waals surface area contributed by atoms with Gasteiger partial charge in [0.1, 0.15) is 24.4 Å². The Hall–Kier alpha value is -0.500. The highest BCUT2D eigenvalue weighted by Crippen LogP contribution is 2.37. The topological polar surface area (TPSA) is 77.4 Å². The fourth-order valence-electron chi connectivity index (χ4n) is 2.55. The Kier molecular flexibility index (Phi) is 5.17. The highest BCUT2D eigenvalue weighted by Gasteiger charge is 2.55. The Labute approximate surface area is 119 Å². The van der Waals surface area contributed by atoms with Gasteiger partial charge < -0.3 is 29.2 Å². The lowest BCUT2D eigenvalue weighted by molar-refractivity contribution is -0.280. The van der Waals surface area contributed by atoms with Crippen molar-refractivity contribution in [2.24, 2.45) is 0 Å². The smallest absolute Gasteiger partial charge is 0.187 e. The zero-order chi connectivity index (χ0) is 14.8. The number of rotatable bonds is 6. The summed E-state index contributed by atoms with van der Waals surface area (Å²) in [5, 5.41) is 19.4. The van der Waals surface area contributed by atoms with Gasteiger partial charge in [-0.15, -0.1) is 6.58 Å². The monoisotopic (exact) mass is 288 g/mol. The van der Waals surface area contributed by atoms with Crippen LogP contribution >= 0.6 is 0 Å². The summed E-state index contributed by atoms with van der Waals surface area (Å²) in [7, 11) is 0. The first-order chi connectivity index (χ1) is 9.48. The lowest BCUT2D eigenvalue weighted by Gasteiger charge is -2.39. The van der Waals surface area contributed by atoms with E-state index in [4.69, 9.17) is 18.9 Å². The number of aliphatic hydroxyl groups is 2. The first-order valence-corrected chi connectivity index (χ1v) is 7.01. The summed E-state index contributed by atoms with van der Waals surface area (Å²) in [4.78, 5) is 0. The van der Waals surface area contributed by atoms with Crippen molar-refractivity contribution in [3.05, 3.63) is 12.7 Å². The standard InChI is InChI=1S/C14H24O6/c1-4-5-6-7-17-13-12-11(19-14(2,3)20-12)10(16)9(8-15)18-13/h4,9-13,15-16H,1,5-8H2,2-3H3/t9-,10+,11-,12+,13+/m1/s1. The third kappa shape index (κ3) is 3.39. The molecule has 116 valence electrons. The second-order valence-corrected chi connectivity index (χ2v) is 5.58. The molecule has 0 saturated carbocycles. The van der Waals surface area contributed by atoms with Crippen LogP contribution in [-0.4, -0.2) is 59.9 Å². The van der Waals surface area contributed by atoms with Gasteiger partial charge in [0, 0.05) is 0 Å². The molecule has 0 aromatic rings. The van der Waals surface area contributed by atoms with Gasteiger partial charge in [-0.05, 0) is 26.7 Å². The molecule has 2 saturated heterocycles. The van der Waals surface area contributed by atoms with Crippen LogP contribution in [-0.2, 0) is 18.9 Å². The predicted octanol–water partition coefficient (Wildman–Crippen LogP) is 0.567. The quantitative estimate of drug-likeness (QED) is 0.549. The first-order valence-electron chi connectivity index (χ1n) is 7.01. The van der Waals surface area contributed by atoms with E-state index in [2.05, 4.69) is 6.58 Å². The van der Waals surface area contributed by atoms with E-state index in [0.717, 1.165) is 12.8 Å². The number of aliphatic hydroxyl groups excluding tert-OH is 2. The van der Waals surface area contributed by atoms with Gasteiger partial charge in [0.2, 0.25) is 0 Å². The first kappa shape index (κ1) is 15.9. The van der Waals surface area contributed by atoms with Crippen molar-refractivity contribution < 1.29 is 29.2 Å². The molecule has 0 unspecified atom stereocenters.